The Morgan fingerprint density at radius 1 is 1.07 bits per heavy atom. The van der Waals surface area contributed by atoms with Crippen molar-refractivity contribution in [2.45, 2.75) is 32.2 Å². The molecule has 0 fully saturated rings. The summed E-state index contributed by atoms with van der Waals surface area (Å²) in [7, 11) is 0. The van der Waals surface area contributed by atoms with Crippen molar-refractivity contribution in [2.24, 2.45) is 5.92 Å². The Morgan fingerprint density at radius 2 is 1.91 bits per heavy atom. The van der Waals surface area contributed by atoms with Gasteiger partial charge in [0.15, 0.2) is 10.8 Å². The fourth-order valence-corrected chi connectivity index (χ4v) is 5.31. The molecule has 2 bridgehead atoms. The Kier molecular flexibility index (Phi) is 7.50. The molecule has 5 aromatic rings. The van der Waals surface area contributed by atoms with Gasteiger partial charge in [0, 0.05) is 34.8 Å². The van der Waals surface area contributed by atoms with Crippen molar-refractivity contribution in [3.63, 3.8) is 0 Å². The van der Waals surface area contributed by atoms with Crippen LogP contribution in [0.3, 0.4) is 0 Å². The summed E-state index contributed by atoms with van der Waals surface area (Å²) in [5, 5.41) is 25.0. The van der Waals surface area contributed by atoms with Crippen LogP contribution in [0, 0.1) is 5.92 Å². The molecule has 5 heterocycles. The lowest BCUT2D eigenvalue weighted by Crippen LogP contribution is -2.27. The molecular formula is C28H23Cl2N9O4. The second kappa shape index (κ2) is 11.4. The zero-order chi connectivity index (χ0) is 30.2. The summed E-state index contributed by atoms with van der Waals surface area (Å²) in [6, 6.07) is 10.6. The number of halogens is 2. The normalized spacial score (nSPS) is 17.0. The Bertz CT molecular complexity index is 1930. The number of amides is 1. The quantitative estimate of drug-likeness (QED) is 0.296. The number of anilines is 1. The number of hydrogen-bond donors (Lipinski definition) is 2. The van der Waals surface area contributed by atoms with Crippen molar-refractivity contribution in [2.75, 3.05) is 5.32 Å². The third-order valence-electron chi connectivity index (χ3n) is 7.21. The van der Waals surface area contributed by atoms with Crippen LogP contribution in [0.15, 0.2) is 66.0 Å². The molecule has 13 nitrogen and oxygen atoms in total. The monoisotopic (exact) mass is 619 g/mol. The van der Waals surface area contributed by atoms with Crippen LogP contribution in [-0.2, 0) is 4.79 Å². The predicted molar refractivity (Wildman–Crippen MR) is 157 cm³/mol. The molecule has 0 saturated carbocycles. The summed E-state index contributed by atoms with van der Waals surface area (Å²) < 4.78 is 4.31. The number of fused-ring (bicyclic) bond motifs is 4. The largest absolute Gasteiger partial charge is 0.476 e. The standard InChI is InChI=1S/C28H23Cl2N9O4/c1-15-3-2-4-23(20-10-17(7-8-31-20)39-25(33-27(15)41)11-21(35-39)28(42)43)37-14-32-19(12-26(37)40)18-9-16(29)5-6-22(18)38-13-24(30)34-36-38/h5-15,23H,2-4H2,1H3,(H,33,41)(H,42,43)/t15-,23+/m1/s1. The predicted octanol–water partition coefficient (Wildman–Crippen LogP) is 4.42. The van der Waals surface area contributed by atoms with Gasteiger partial charge in [-0.15, -0.1) is 5.10 Å². The van der Waals surface area contributed by atoms with Crippen molar-refractivity contribution in [3.05, 3.63) is 93.1 Å². The number of aromatic carboxylic acids is 1. The molecule has 1 aliphatic heterocycles. The number of carbonyl (C=O) groups excluding carboxylic acids is 1. The van der Waals surface area contributed by atoms with Gasteiger partial charge < -0.3 is 10.4 Å². The molecule has 1 amide bonds. The first-order valence-electron chi connectivity index (χ1n) is 13.2. The molecular weight excluding hydrogens is 597 g/mol. The molecule has 6 rings (SSSR count). The van der Waals surface area contributed by atoms with E-state index in [0.717, 1.165) is 0 Å². The molecule has 2 N–H and O–H groups in total. The van der Waals surface area contributed by atoms with Crippen molar-refractivity contribution < 1.29 is 14.7 Å². The zero-order valence-electron chi connectivity index (χ0n) is 22.6. The van der Waals surface area contributed by atoms with Crippen molar-refractivity contribution >= 4 is 40.9 Å². The Balaban J connectivity index is 1.44. The van der Waals surface area contributed by atoms with Crippen molar-refractivity contribution in [1.82, 2.24) is 39.3 Å². The van der Waals surface area contributed by atoms with Crippen LogP contribution in [0.5, 0.6) is 0 Å². The highest BCUT2D eigenvalue weighted by atomic mass is 35.5. The van der Waals surface area contributed by atoms with Crippen LogP contribution >= 0.6 is 23.2 Å². The molecule has 43 heavy (non-hydrogen) atoms. The van der Waals surface area contributed by atoms with E-state index in [-0.39, 0.29) is 34.0 Å². The number of nitrogens with one attached hydrogen (secondary N) is 1. The topological polar surface area (TPSA) is 163 Å². The van der Waals surface area contributed by atoms with E-state index in [1.807, 2.05) is 0 Å². The van der Waals surface area contributed by atoms with E-state index < -0.39 is 12.0 Å². The minimum atomic E-state index is -1.23. The summed E-state index contributed by atoms with van der Waals surface area (Å²) in [5.74, 6) is -1.66. The molecule has 15 heteroatoms. The molecule has 1 aliphatic rings. The second-order valence-corrected chi connectivity index (χ2v) is 10.9. The Labute approximate surface area is 253 Å². The first kappa shape index (κ1) is 28.2. The van der Waals surface area contributed by atoms with Gasteiger partial charge in [0.05, 0.1) is 41.3 Å². The second-order valence-electron chi connectivity index (χ2n) is 10.1. The number of aromatic nitrogens is 8. The molecule has 218 valence electrons. The molecule has 0 radical (unpaired) electrons. The fourth-order valence-electron chi connectivity index (χ4n) is 5.02. The van der Waals surface area contributed by atoms with Crippen molar-refractivity contribution in [3.8, 4) is 22.6 Å². The van der Waals surface area contributed by atoms with Gasteiger partial charge in [0.2, 0.25) is 5.91 Å². The van der Waals surface area contributed by atoms with E-state index >= 15 is 0 Å². The maximum atomic E-state index is 13.7. The number of carbonyl (C=O) groups is 2. The SMILES string of the molecule is C[C@@H]1CCC[C@H](n2cnc(-c3cc(Cl)ccc3-n3cc(Cl)nn3)cc2=O)c2cc(ccn2)-n2nc(C(=O)O)cc2NC1=O. The summed E-state index contributed by atoms with van der Waals surface area (Å²) in [6.07, 6.45) is 6.15. The molecule has 4 aromatic heterocycles. The first-order chi connectivity index (χ1) is 20.7. The Hall–Kier alpha value is -4.88. The highest BCUT2D eigenvalue weighted by molar-refractivity contribution is 6.31. The average molecular weight is 620 g/mol. The van der Waals surface area contributed by atoms with Crippen LogP contribution < -0.4 is 10.9 Å². The van der Waals surface area contributed by atoms with Gasteiger partial charge in [-0.2, -0.15) is 5.10 Å². The maximum absolute atomic E-state index is 13.7. The van der Waals surface area contributed by atoms with Gasteiger partial charge in [-0.1, -0.05) is 41.8 Å². The van der Waals surface area contributed by atoms with Gasteiger partial charge in [-0.05, 0) is 43.2 Å². The molecule has 2 atom stereocenters. The minimum Gasteiger partial charge on any atom is -0.476 e. The van der Waals surface area contributed by atoms with Crippen molar-refractivity contribution in [1.29, 1.82) is 0 Å². The summed E-state index contributed by atoms with van der Waals surface area (Å²) >= 11 is 12.3. The number of benzene rings is 1. The van der Waals surface area contributed by atoms with Gasteiger partial charge in [0.25, 0.3) is 5.56 Å². The number of carboxylic acids is 1. The van der Waals surface area contributed by atoms with E-state index in [9.17, 15) is 19.5 Å². The lowest BCUT2D eigenvalue weighted by Gasteiger charge is -2.22. The van der Waals surface area contributed by atoms with E-state index in [2.05, 4.69) is 30.7 Å². The summed E-state index contributed by atoms with van der Waals surface area (Å²) in [6.45, 7) is 1.79. The molecule has 0 saturated heterocycles. The average Bonchev–Trinajstić information content (AvgIpc) is 3.61. The van der Waals surface area contributed by atoms with E-state index in [4.69, 9.17) is 23.2 Å². The zero-order valence-corrected chi connectivity index (χ0v) is 24.1. The Morgan fingerprint density at radius 3 is 2.65 bits per heavy atom. The molecule has 0 spiro atoms. The number of hydrogen-bond acceptors (Lipinski definition) is 8. The number of nitrogens with zero attached hydrogens (tertiary/aromatic N) is 8. The third-order valence-corrected chi connectivity index (χ3v) is 7.62. The first-order valence-corrected chi connectivity index (χ1v) is 14.0. The van der Waals surface area contributed by atoms with Gasteiger partial charge in [-0.3, -0.25) is 19.1 Å². The van der Waals surface area contributed by atoms with Crippen LogP contribution in [-0.4, -0.2) is 56.3 Å². The third kappa shape index (κ3) is 5.64. The lowest BCUT2D eigenvalue weighted by atomic mass is 9.98. The number of rotatable bonds is 4. The van der Waals surface area contributed by atoms with Gasteiger partial charge in [-0.25, -0.2) is 19.1 Å². The van der Waals surface area contributed by atoms with Crippen LogP contribution in [0.1, 0.15) is 48.4 Å². The molecule has 0 aliphatic carbocycles. The maximum Gasteiger partial charge on any atom is 0.356 e. The molecule has 1 aromatic carbocycles. The van der Waals surface area contributed by atoms with Crippen LogP contribution in [0.25, 0.3) is 22.6 Å². The highest BCUT2D eigenvalue weighted by Gasteiger charge is 2.24. The van der Waals surface area contributed by atoms with Crippen LogP contribution in [0.2, 0.25) is 10.2 Å². The highest BCUT2D eigenvalue weighted by Crippen LogP contribution is 2.30. The summed E-state index contributed by atoms with van der Waals surface area (Å²) in [4.78, 5) is 47.4. The lowest BCUT2D eigenvalue weighted by molar-refractivity contribution is -0.119. The fraction of sp³-hybridized carbons (Fsp3) is 0.214. The minimum absolute atomic E-state index is 0.203. The van der Waals surface area contributed by atoms with Gasteiger partial charge >= 0.3 is 5.97 Å². The van der Waals surface area contributed by atoms with E-state index in [1.165, 1.54) is 38.6 Å². The van der Waals surface area contributed by atoms with Crippen LogP contribution in [0.4, 0.5) is 5.82 Å². The molecule has 0 unspecified atom stereocenters. The van der Waals surface area contributed by atoms with E-state index in [0.29, 0.717) is 52.6 Å². The van der Waals surface area contributed by atoms with E-state index in [1.54, 1.807) is 43.5 Å². The summed E-state index contributed by atoms with van der Waals surface area (Å²) in [5.41, 5.74) is 1.96. The number of carboxylic acid groups (broad SMARTS) is 1. The number of pyridine rings is 1. The smallest absolute Gasteiger partial charge is 0.356 e. The van der Waals surface area contributed by atoms with Gasteiger partial charge in [0.1, 0.15) is 5.82 Å².